The van der Waals surface area contributed by atoms with Gasteiger partial charge in [0.1, 0.15) is 11.7 Å². The third-order valence-corrected chi connectivity index (χ3v) is 3.22. The van der Waals surface area contributed by atoms with Crippen LogP contribution in [0.1, 0.15) is 39.3 Å². The fraction of sp³-hybridized carbons (Fsp3) is 0.667. The lowest BCUT2D eigenvalue weighted by molar-refractivity contribution is 0.0118. The lowest BCUT2D eigenvalue weighted by Gasteiger charge is -2.33. The second-order valence-corrected chi connectivity index (χ2v) is 6.27. The number of carbonyl (C=O) groups is 1. The number of aliphatic hydroxyl groups is 1. The Morgan fingerprint density at radius 2 is 2.09 bits per heavy atom. The van der Waals surface area contributed by atoms with Crippen molar-refractivity contribution >= 4 is 6.09 Å². The van der Waals surface area contributed by atoms with Gasteiger partial charge in [0.25, 0.3) is 0 Å². The Morgan fingerprint density at radius 1 is 1.41 bits per heavy atom. The number of aliphatic hydroxyl groups excluding tert-OH is 1. The highest BCUT2D eigenvalue weighted by molar-refractivity contribution is 5.68. The predicted octanol–water partition coefficient (Wildman–Crippen LogP) is 1.75. The average Bonchev–Trinajstić information content (AvgIpc) is 2.46. The van der Waals surface area contributed by atoms with Gasteiger partial charge in [0.05, 0.1) is 12.3 Å². The number of aromatic nitrogens is 2. The van der Waals surface area contributed by atoms with Crippen molar-refractivity contribution < 1.29 is 19.4 Å². The fourth-order valence-corrected chi connectivity index (χ4v) is 2.15. The number of hydrogen-bond donors (Lipinski definition) is 1. The Morgan fingerprint density at radius 3 is 2.68 bits per heavy atom. The molecule has 2 rings (SSSR count). The maximum Gasteiger partial charge on any atom is 0.410 e. The molecule has 0 spiro atoms. The van der Waals surface area contributed by atoms with E-state index in [0.717, 1.165) is 0 Å². The SMILES string of the molecule is CC(C)(C)OC(=O)N1CCC(Oc2nccc(CO)n2)CC1. The molecule has 1 amide bonds. The number of nitrogens with zero attached hydrogens (tertiary/aromatic N) is 3. The van der Waals surface area contributed by atoms with Crippen LogP contribution in [0.2, 0.25) is 0 Å². The number of likely N-dealkylation sites (tertiary alicyclic amines) is 1. The molecule has 0 bridgehead atoms. The van der Waals surface area contributed by atoms with Gasteiger partial charge in [-0.25, -0.2) is 9.78 Å². The van der Waals surface area contributed by atoms with Crippen molar-refractivity contribution in [1.29, 1.82) is 0 Å². The highest BCUT2D eigenvalue weighted by atomic mass is 16.6. The van der Waals surface area contributed by atoms with E-state index >= 15 is 0 Å². The molecule has 22 heavy (non-hydrogen) atoms. The molecule has 0 radical (unpaired) electrons. The molecule has 1 aromatic rings. The van der Waals surface area contributed by atoms with Gasteiger partial charge in [0, 0.05) is 32.1 Å². The van der Waals surface area contributed by atoms with Gasteiger partial charge in [-0.3, -0.25) is 0 Å². The summed E-state index contributed by atoms with van der Waals surface area (Å²) in [5, 5.41) is 9.05. The van der Waals surface area contributed by atoms with Gasteiger partial charge in [-0.15, -0.1) is 0 Å². The number of hydrogen-bond acceptors (Lipinski definition) is 6. The van der Waals surface area contributed by atoms with E-state index in [1.807, 2.05) is 20.8 Å². The first-order valence-corrected chi connectivity index (χ1v) is 7.45. The molecular formula is C15H23N3O4. The normalized spacial score (nSPS) is 16.5. The minimum atomic E-state index is -0.483. The predicted molar refractivity (Wildman–Crippen MR) is 79.4 cm³/mol. The van der Waals surface area contributed by atoms with E-state index < -0.39 is 5.60 Å². The van der Waals surface area contributed by atoms with Crippen LogP contribution in [0.3, 0.4) is 0 Å². The standard InChI is InChI=1S/C15H23N3O4/c1-15(2,3)22-14(20)18-8-5-12(6-9-18)21-13-16-7-4-11(10-19)17-13/h4,7,12,19H,5-6,8-10H2,1-3H3. The van der Waals surface area contributed by atoms with Crippen LogP contribution in [0.25, 0.3) is 0 Å². The molecule has 2 heterocycles. The van der Waals surface area contributed by atoms with Gasteiger partial charge in [0.15, 0.2) is 0 Å². The summed E-state index contributed by atoms with van der Waals surface area (Å²) in [7, 11) is 0. The van der Waals surface area contributed by atoms with E-state index in [0.29, 0.717) is 31.6 Å². The Balaban J connectivity index is 1.83. The number of rotatable bonds is 3. The maximum absolute atomic E-state index is 12.0. The smallest absolute Gasteiger partial charge is 0.410 e. The third-order valence-electron chi connectivity index (χ3n) is 3.22. The third kappa shape index (κ3) is 4.84. The number of carbonyl (C=O) groups excluding carboxylic acids is 1. The minimum Gasteiger partial charge on any atom is -0.460 e. The molecule has 1 fully saturated rings. The average molecular weight is 309 g/mol. The summed E-state index contributed by atoms with van der Waals surface area (Å²) in [4.78, 5) is 21.8. The van der Waals surface area contributed by atoms with Crippen molar-refractivity contribution in [2.45, 2.75) is 51.9 Å². The highest BCUT2D eigenvalue weighted by Crippen LogP contribution is 2.18. The van der Waals surface area contributed by atoms with Gasteiger partial charge in [-0.1, -0.05) is 0 Å². The van der Waals surface area contributed by atoms with Gasteiger partial charge in [-0.2, -0.15) is 4.98 Å². The summed E-state index contributed by atoms with van der Waals surface area (Å²) in [5.74, 6) is 0. The molecule has 1 saturated heterocycles. The number of ether oxygens (including phenoxy) is 2. The Kier molecular flexibility index (Phi) is 5.18. The van der Waals surface area contributed by atoms with E-state index in [-0.39, 0.29) is 24.8 Å². The highest BCUT2D eigenvalue weighted by Gasteiger charge is 2.27. The van der Waals surface area contributed by atoms with Crippen molar-refractivity contribution in [2.24, 2.45) is 0 Å². The Bertz CT molecular complexity index is 508. The van der Waals surface area contributed by atoms with Gasteiger partial charge in [-0.05, 0) is 26.8 Å². The first kappa shape index (κ1) is 16.5. The summed E-state index contributed by atoms with van der Waals surface area (Å²) in [5.41, 5.74) is 0.0411. The van der Waals surface area contributed by atoms with Crippen LogP contribution >= 0.6 is 0 Å². The van der Waals surface area contributed by atoms with Gasteiger partial charge >= 0.3 is 12.1 Å². The largest absolute Gasteiger partial charge is 0.460 e. The second kappa shape index (κ2) is 6.91. The molecule has 0 aromatic carbocycles. The van der Waals surface area contributed by atoms with Gasteiger partial charge in [0.2, 0.25) is 0 Å². The molecule has 7 nitrogen and oxygen atoms in total. The number of piperidine rings is 1. The lowest BCUT2D eigenvalue weighted by atomic mass is 10.1. The van der Waals surface area contributed by atoms with Crippen LogP contribution in [-0.2, 0) is 11.3 Å². The topological polar surface area (TPSA) is 84.8 Å². The first-order valence-electron chi connectivity index (χ1n) is 7.45. The van der Waals surface area contributed by atoms with Crippen molar-refractivity contribution in [1.82, 2.24) is 14.9 Å². The molecule has 0 atom stereocenters. The molecule has 0 aliphatic carbocycles. The molecule has 1 aromatic heterocycles. The van der Waals surface area contributed by atoms with Crippen molar-refractivity contribution in [3.05, 3.63) is 18.0 Å². The zero-order chi connectivity index (χ0) is 16.2. The zero-order valence-electron chi connectivity index (χ0n) is 13.3. The second-order valence-electron chi connectivity index (χ2n) is 6.27. The van der Waals surface area contributed by atoms with E-state index in [1.54, 1.807) is 17.2 Å². The maximum atomic E-state index is 12.0. The molecule has 1 aliphatic rings. The van der Waals surface area contributed by atoms with Crippen molar-refractivity contribution in [3.63, 3.8) is 0 Å². The van der Waals surface area contributed by atoms with E-state index in [9.17, 15) is 4.79 Å². The summed E-state index contributed by atoms with van der Waals surface area (Å²) >= 11 is 0. The van der Waals surface area contributed by atoms with Crippen molar-refractivity contribution in [3.8, 4) is 6.01 Å². The number of amides is 1. The first-order chi connectivity index (χ1) is 10.4. The van der Waals surface area contributed by atoms with E-state index in [2.05, 4.69) is 9.97 Å². The van der Waals surface area contributed by atoms with Crippen LogP contribution in [0.15, 0.2) is 12.3 Å². The molecule has 0 unspecified atom stereocenters. The molecule has 1 N–H and O–H groups in total. The zero-order valence-corrected chi connectivity index (χ0v) is 13.3. The quantitative estimate of drug-likeness (QED) is 0.915. The van der Waals surface area contributed by atoms with Gasteiger partial charge < -0.3 is 19.5 Å². The van der Waals surface area contributed by atoms with Crippen LogP contribution in [-0.4, -0.2) is 50.9 Å². The molecular weight excluding hydrogens is 286 g/mol. The van der Waals surface area contributed by atoms with E-state index in [4.69, 9.17) is 14.6 Å². The fourth-order valence-electron chi connectivity index (χ4n) is 2.15. The Hall–Kier alpha value is -1.89. The molecule has 1 aliphatic heterocycles. The molecule has 0 saturated carbocycles. The molecule has 7 heteroatoms. The lowest BCUT2D eigenvalue weighted by Crippen LogP contribution is -2.44. The van der Waals surface area contributed by atoms with Crippen LogP contribution in [0.4, 0.5) is 4.79 Å². The monoisotopic (exact) mass is 309 g/mol. The van der Waals surface area contributed by atoms with Crippen LogP contribution < -0.4 is 4.74 Å². The summed E-state index contributed by atoms with van der Waals surface area (Å²) in [6, 6.07) is 1.90. The summed E-state index contributed by atoms with van der Waals surface area (Å²) < 4.78 is 11.1. The molecule has 122 valence electrons. The van der Waals surface area contributed by atoms with Crippen LogP contribution in [0, 0.1) is 0 Å². The Labute approximate surface area is 130 Å². The van der Waals surface area contributed by atoms with E-state index in [1.165, 1.54) is 0 Å². The minimum absolute atomic E-state index is 0.0346. The van der Waals surface area contributed by atoms with Crippen molar-refractivity contribution in [2.75, 3.05) is 13.1 Å². The summed E-state index contributed by atoms with van der Waals surface area (Å²) in [6.45, 7) is 6.58. The van der Waals surface area contributed by atoms with Crippen LogP contribution in [0.5, 0.6) is 6.01 Å². The summed E-state index contributed by atoms with van der Waals surface area (Å²) in [6.07, 6.45) is 2.64.